The molecular weight excluding hydrogens is 332 g/mol. The quantitative estimate of drug-likeness (QED) is 0.345. The molecular formula is C9H21F3N3O2P3. The second-order valence-corrected chi connectivity index (χ2v) is 10.6. The van der Waals surface area contributed by atoms with Crippen molar-refractivity contribution >= 4 is 23.0 Å². The lowest BCUT2D eigenvalue weighted by Crippen LogP contribution is -1.93. The second kappa shape index (κ2) is 7.60. The van der Waals surface area contributed by atoms with E-state index in [0.29, 0.717) is 12.8 Å². The lowest BCUT2D eigenvalue weighted by atomic mass is 10.4. The fourth-order valence-electron chi connectivity index (χ4n) is 1.35. The van der Waals surface area contributed by atoms with Gasteiger partial charge in [0, 0.05) is 6.66 Å². The van der Waals surface area contributed by atoms with Crippen molar-refractivity contribution in [2.75, 3.05) is 19.9 Å². The Morgan fingerprint density at radius 3 is 1.70 bits per heavy atom. The maximum Gasteiger partial charge on any atom is 0.385 e. The summed E-state index contributed by atoms with van der Waals surface area (Å²) in [5.41, 5.74) is 0. The van der Waals surface area contributed by atoms with Gasteiger partial charge in [-0.3, -0.25) is 0 Å². The van der Waals surface area contributed by atoms with Crippen molar-refractivity contribution in [3.05, 3.63) is 0 Å². The molecule has 0 spiro atoms. The van der Waals surface area contributed by atoms with E-state index >= 15 is 0 Å². The molecule has 1 heterocycles. The molecule has 0 saturated heterocycles. The summed E-state index contributed by atoms with van der Waals surface area (Å²) >= 11 is 0. The van der Waals surface area contributed by atoms with Crippen molar-refractivity contribution in [2.24, 2.45) is 13.5 Å². The molecule has 0 N–H and O–H groups in total. The highest BCUT2D eigenvalue weighted by atomic mass is 31.3. The maximum atomic E-state index is 14.4. The third kappa shape index (κ3) is 6.03. The number of hydrogen-bond acceptors (Lipinski definition) is 5. The molecule has 20 heavy (non-hydrogen) atoms. The molecule has 5 nitrogen and oxygen atoms in total. The van der Waals surface area contributed by atoms with Gasteiger partial charge in [-0.25, -0.2) is 0 Å². The van der Waals surface area contributed by atoms with Gasteiger partial charge in [-0.15, -0.1) is 4.52 Å². The van der Waals surface area contributed by atoms with Gasteiger partial charge in [-0.1, -0.05) is 26.7 Å². The molecule has 0 bridgehead atoms. The van der Waals surface area contributed by atoms with Gasteiger partial charge in [0.2, 0.25) is 7.52 Å². The number of halogens is 3. The van der Waals surface area contributed by atoms with Crippen molar-refractivity contribution in [1.82, 2.24) is 0 Å². The fraction of sp³-hybridized carbons (Fsp3) is 1.00. The first-order valence-corrected chi connectivity index (χ1v) is 11.5. The van der Waals surface area contributed by atoms with Crippen LogP contribution in [0.3, 0.4) is 0 Å². The Labute approximate surface area is 118 Å². The number of rotatable bonds is 8. The van der Waals surface area contributed by atoms with Gasteiger partial charge >= 0.3 is 15.5 Å². The van der Waals surface area contributed by atoms with Crippen LogP contribution in [0.5, 0.6) is 0 Å². The van der Waals surface area contributed by atoms with Crippen LogP contribution in [0.25, 0.3) is 0 Å². The first kappa shape index (κ1) is 18.4. The topological polar surface area (TPSA) is 55.5 Å². The lowest BCUT2D eigenvalue weighted by molar-refractivity contribution is 0.307. The van der Waals surface area contributed by atoms with Crippen LogP contribution in [-0.2, 0) is 9.05 Å². The van der Waals surface area contributed by atoms with E-state index in [-0.39, 0.29) is 13.2 Å². The van der Waals surface area contributed by atoms with Gasteiger partial charge in [0.15, 0.2) is 0 Å². The molecule has 0 aliphatic carbocycles. The van der Waals surface area contributed by atoms with Gasteiger partial charge in [0.1, 0.15) is 0 Å². The summed E-state index contributed by atoms with van der Waals surface area (Å²) in [4.78, 5) is 0. The Morgan fingerprint density at radius 2 is 1.25 bits per heavy atom. The zero-order valence-electron chi connectivity index (χ0n) is 11.9. The smallest absolute Gasteiger partial charge is 0.303 e. The molecule has 0 fully saturated rings. The highest BCUT2D eigenvalue weighted by molar-refractivity contribution is 7.79. The van der Waals surface area contributed by atoms with Crippen LogP contribution in [0.2, 0.25) is 0 Å². The summed E-state index contributed by atoms with van der Waals surface area (Å²) in [6.45, 7) is 4.83. The molecule has 120 valence electrons. The molecule has 0 aromatic carbocycles. The van der Waals surface area contributed by atoms with Crippen molar-refractivity contribution in [2.45, 2.75) is 39.5 Å². The van der Waals surface area contributed by atoms with Crippen molar-refractivity contribution in [1.29, 1.82) is 0 Å². The van der Waals surface area contributed by atoms with E-state index in [1.807, 2.05) is 13.8 Å². The Hall–Kier alpha value is 0.400. The fourth-order valence-corrected chi connectivity index (χ4v) is 8.60. The van der Waals surface area contributed by atoms with E-state index in [2.05, 4.69) is 13.5 Å². The van der Waals surface area contributed by atoms with E-state index in [1.165, 1.54) is 0 Å². The molecule has 1 rings (SSSR count). The Kier molecular flexibility index (Phi) is 7.01. The highest BCUT2D eigenvalue weighted by Crippen LogP contribution is 2.80. The third-order valence-corrected chi connectivity index (χ3v) is 9.44. The summed E-state index contributed by atoms with van der Waals surface area (Å²) in [6.07, 6.45) is 2.69. The lowest BCUT2D eigenvalue weighted by Gasteiger charge is -2.22. The molecule has 0 radical (unpaired) electrons. The highest BCUT2D eigenvalue weighted by Gasteiger charge is 2.37. The number of nitrogens with zero attached hydrogens (tertiary/aromatic N) is 3. The molecule has 0 amide bonds. The van der Waals surface area contributed by atoms with E-state index < -0.39 is 23.0 Å². The molecule has 11 heteroatoms. The van der Waals surface area contributed by atoms with Crippen LogP contribution in [0.4, 0.5) is 12.6 Å². The van der Waals surface area contributed by atoms with Crippen molar-refractivity contribution in [3.8, 4) is 0 Å². The Bertz CT molecular complexity index is 477. The predicted molar refractivity (Wildman–Crippen MR) is 79.0 cm³/mol. The van der Waals surface area contributed by atoms with Crippen molar-refractivity contribution in [3.63, 3.8) is 0 Å². The van der Waals surface area contributed by atoms with E-state index in [9.17, 15) is 12.6 Å². The normalized spacial score (nSPS) is 36.9. The zero-order valence-corrected chi connectivity index (χ0v) is 14.6. The van der Waals surface area contributed by atoms with Gasteiger partial charge in [-0.2, -0.15) is 21.6 Å². The monoisotopic (exact) mass is 353 g/mol. The molecule has 0 aromatic rings. The standard InChI is InChI=1S/C9H21F3N3O2P3/c1-4-6-8-16-19(11)13-18(3,10)14-20(12,15-19)17-9-7-5-2/h4-9H2,1-3H3. The van der Waals surface area contributed by atoms with Crippen LogP contribution < -0.4 is 0 Å². The Balaban J connectivity index is 2.98. The Morgan fingerprint density at radius 1 is 0.800 bits per heavy atom. The summed E-state index contributed by atoms with van der Waals surface area (Å²) < 4.78 is 62.4. The summed E-state index contributed by atoms with van der Waals surface area (Å²) in [5.74, 6) is 0. The van der Waals surface area contributed by atoms with Gasteiger partial charge in [-0.05, 0) is 12.8 Å². The predicted octanol–water partition coefficient (Wildman–Crippen LogP) is 7.10. The minimum Gasteiger partial charge on any atom is -0.303 e. The van der Waals surface area contributed by atoms with Crippen LogP contribution in [0.1, 0.15) is 39.5 Å². The van der Waals surface area contributed by atoms with E-state index in [0.717, 1.165) is 19.5 Å². The van der Waals surface area contributed by atoms with Gasteiger partial charge in [0.05, 0.1) is 13.2 Å². The van der Waals surface area contributed by atoms with Crippen LogP contribution in [0, 0.1) is 0 Å². The largest absolute Gasteiger partial charge is 0.385 e. The minimum absolute atomic E-state index is 0.0305. The average molecular weight is 353 g/mol. The first-order valence-electron chi connectivity index (χ1n) is 6.51. The van der Waals surface area contributed by atoms with Gasteiger partial charge in [0.25, 0.3) is 0 Å². The number of unbranched alkanes of at least 4 members (excludes halogenated alkanes) is 2. The van der Waals surface area contributed by atoms with Crippen LogP contribution >= 0.6 is 23.0 Å². The number of hydrogen-bond donors (Lipinski definition) is 0. The summed E-state index contributed by atoms with van der Waals surface area (Å²) in [7, 11) is -12.5. The maximum absolute atomic E-state index is 14.4. The molecule has 0 aromatic heterocycles. The molecule has 1 aliphatic rings. The molecule has 3 atom stereocenters. The first-order chi connectivity index (χ1) is 9.24. The zero-order chi connectivity index (χ0) is 15.3. The van der Waals surface area contributed by atoms with Crippen LogP contribution in [0.15, 0.2) is 13.5 Å². The average Bonchev–Trinajstić information content (AvgIpc) is 2.25. The minimum atomic E-state index is -4.30. The van der Waals surface area contributed by atoms with E-state index in [1.54, 1.807) is 0 Å². The molecule has 0 saturated carbocycles. The molecule has 1 aliphatic heterocycles. The SMILES string of the molecule is CCCCOP1(F)=NP(C)(F)=NP(F)(OCCCC)=N1. The summed E-state index contributed by atoms with van der Waals surface area (Å²) in [6, 6.07) is 0. The van der Waals surface area contributed by atoms with E-state index in [4.69, 9.17) is 9.05 Å². The third-order valence-electron chi connectivity index (χ3n) is 2.27. The van der Waals surface area contributed by atoms with Crippen molar-refractivity contribution < 1.29 is 21.6 Å². The summed E-state index contributed by atoms with van der Waals surface area (Å²) in [5, 5.41) is 0. The van der Waals surface area contributed by atoms with Crippen LogP contribution in [-0.4, -0.2) is 19.9 Å². The second-order valence-electron chi connectivity index (χ2n) is 4.40. The van der Waals surface area contributed by atoms with Gasteiger partial charge < -0.3 is 9.05 Å². The molecule has 3 unspecified atom stereocenters.